The molecule has 4 aromatic rings. The molecule has 2 heterocycles. The smallest absolute Gasteiger partial charge is 0.274 e. The molecular weight excluding hydrogens is 428 g/mol. The molecular formula is C21H17ClN2O5S. The monoisotopic (exact) mass is 444 g/mol. The van der Waals surface area contributed by atoms with Crippen LogP contribution in [0.5, 0.6) is 23.0 Å². The van der Waals surface area contributed by atoms with E-state index >= 15 is 0 Å². The van der Waals surface area contributed by atoms with Crippen molar-refractivity contribution in [3.63, 3.8) is 0 Å². The fourth-order valence-electron chi connectivity index (χ4n) is 3.05. The lowest BCUT2D eigenvalue weighted by molar-refractivity contribution is 0.355. The molecule has 2 aromatic carbocycles. The van der Waals surface area contributed by atoms with Gasteiger partial charge in [-0.1, -0.05) is 22.9 Å². The fraction of sp³-hybridized carbons (Fsp3) is 0.143. The zero-order valence-corrected chi connectivity index (χ0v) is 17.9. The maximum absolute atomic E-state index is 12.9. The van der Waals surface area contributed by atoms with Crippen LogP contribution in [0.2, 0.25) is 5.02 Å². The van der Waals surface area contributed by atoms with E-state index in [0.29, 0.717) is 32.2 Å². The predicted octanol–water partition coefficient (Wildman–Crippen LogP) is 3.36. The number of hydrogen-bond acceptors (Lipinski definition) is 7. The lowest BCUT2D eigenvalue weighted by Gasteiger charge is -2.08. The Bertz CT molecular complexity index is 1360. The second-order valence-electron chi connectivity index (χ2n) is 6.32. The summed E-state index contributed by atoms with van der Waals surface area (Å²) in [5, 5.41) is 10.0. The lowest BCUT2D eigenvalue weighted by Crippen LogP contribution is -2.22. The van der Waals surface area contributed by atoms with Crippen molar-refractivity contribution >= 4 is 34.0 Å². The first-order chi connectivity index (χ1) is 14.4. The number of phenols is 1. The van der Waals surface area contributed by atoms with Crippen LogP contribution in [0.4, 0.5) is 0 Å². The number of aromatic hydroxyl groups is 1. The molecule has 2 aromatic heterocycles. The van der Waals surface area contributed by atoms with E-state index in [1.165, 1.54) is 22.8 Å². The van der Waals surface area contributed by atoms with Crippen molar-refractivity contribution in [1.29, 1.82) is 0 Å². The van der Waals surface area contributed by atoms with E-state index in [4.69, 9.17) is 25.8 Å². The normalized spacial score (nSPS) is 11.8. The number of aromatic nitrogens is 2. The number of ether oxygens (including phenoxy) is 3. The van der Waals surface area contributed by atoms with Crippen LogP contribution in [-0.4, -0.2) is 35.8 Å². The van der Waals surface area contributed by atoms with Gasteiger partial charge in [0.25, 0.3) is 5.56 Å². The molecule has 0 radical (unpaired) electrons. The van der Waals surface area contributed by atoms with Crippen LogP contribution in [0.15, 0.2) is 41.3 Å². The van der Waals surface area contributed by atoms with Gasteiger partial charge in [-0.15, -0.1) is 0 Å². The number of nitrogens with zero attached hydrogens (tertiary/aromatic N) is 2. The summed E-state index contributed by atoms with van der Waals surface area (Å²) in [6, 6.07) is 8.64. The van der Waals surface area contributed by atoms with Crippen LogP contribution in [0, 0.1) is 0 Å². The van der Waals surface area contributed by atoms with E-state index in [9.17, 15) is 9.90 Å². The Labute approximate surface area is 180 Å². The summed E-state index contributed by atoms with van der Waals surface area (Å²) >= 11 is 7.29. The standard InChI is InChI=1S/C21H17ClN2O5S/c1-27-15-5-4-12(9-16(15)28-2)14-10-24-20(26)18(30-21(24)23-14)8-11-6-13(22)19(25)17(7-11)29-3/h4-10,25H,1-3H3. The highest BCUT2D eigenvalue weighted by atomic mass is 35.5. The lowest BCUT2D eigenvalue weighted by atomic mass is 10.1. The number of halogens is 1. The van der Waals surface area contributed by atoms with Gasteiger partial charge < -0.3 is 19.3 Å². The number of imidazole rings is 1. The minimum absolute atomic E-state index is 0.140. The van der Waals surface area contributed by atoms with Gasteiger partial charge in [-0.05, 0) is 42.0 Å². The van der Waals surface area contributed by atoms with E-state index in [2.05, 4.69) is 4.98 Å². The first-order valence-electron chi connectivity index (χ1n) is 8.77. The number of hydrogen-bond donors (Lipinski definition) is 1. The van der Waals surface area contributed by atoms with Gasteiger partial charge in [0.15, 0.2) is 28.0 Å². The first kappa shape index (κ1) is 20.1. The minimum Gasteiger partial charge on any atom is -0.503 e. The molecule has 0 bridgehead atoms. The number of benzene rings is 2. The topological polar surface area (TPSA) is 82.3 Å². The van der Waals surface area contributed by atoms with E-state index in [1.54, 1.807) is 44.7 Å². The average Bonchev–Trinajstić information content (AvgIpc) is 3.29. The van der Waals surface area contributed by atoms with Gasteiger partial charge in [0.1, 0.15) is 0 Å². The number of fused-ring (bicyclic) bond motifs is 1. The number of thiazole rings is 1. The van der Waals surface area contributed by atoms with Crippen molar-refractivity contribution < 1.29 is 19.3 Å². The highest BCUT2D eigenvalue weighted by Crippen LogP contribution is 2.35. The van der Waals surface area contributed by atoms with Crippen LogP contribution < -0.4 is 24.3 Å². The largest absolute Gasteiger partial charge is 0.503 e. The third kappa shape index (κ3) is 3.44. The van der Waals surface area contributed by atoms with E-state index in [0.717, 1.165) is 5.56 Å². The fourth-order valence-corrected chi connectivity index (χ4v) is 4.23. The summed E-state index contributed by atoms with van der Waals surface area (Å²) in [7, 11) is 4.57. The van der Waals surface area contributed by atoms with Gasteiger partial charge in [-0.2, -0.15) is 0 Å². The molecule has 9 heteroatoms. The van der Waals surface area contributed by atoms with Gasteiger partial charge >= 0.3 is 0 Å². The van der Waals surface area contributed by atoms with Crippen molar-refractivity contribution in [1.82, 2.24) is 9.38 Å². The molecule has 0 aliphatic heterocycles. The molecule has 30 heavy (non-hydrogen) atoms. The van der Waals surface area contributed by atoms with Gasteiger partial charge in [0.05, 0.1) is 36.6 Å². The Morgan fingerprint density at radius 1 is 1.07 bits per heavy atom. The highest BCUT2D eigenvalue weighted by molar-refractivity contribution is 7.15. The van der Waals surface area contributed by atoms with Gasteiger partial charge in [0, 0.05) is 11.8 Å². The van der Waals surface area contributed by atoms with Crippen LogP contribution >= 0.6 is 22.9 Å². The third-order valence-electron chi connectivity index (χ3n) is 4.55. The zero-order chi connectivity index (χ0) is 21.4. The number of rotatable bonds is 5. The van der Waals surface area contributed by atoms with Crippen LogP contribution in [0.3, 0.4) is 0 Å². The van der Waals surface area contributed by atoms with Crippen LogP contribution in [0.25, 0.3) is 22.3 Å². The highest BCUT2D eigenvalue weighted by Gasteiger charge is 2.13. The van der Waals surface area contributed by atoms with Crippen LogP contribution in [-0.2, 0) is 0 Å². The molecule has 1 N–H and O–H groups in total. The predicted molar refractivity (Wildman–Crippen MR) is 116 cm³/mol. The second kappa shape index (κ2) is 7.89. The molecule has 0 spiro atoms. The summed E-state index contributed by atoms with van der Waals surface area (Å²) < 4.78 is 17.7. The molecule has 0 unspecified atom stereocenters. The molecule has 4 rings (SSSR count). The molecule has 7 nitrogen and oxygen atoms in total. The van der Waals surface area contributed by atoms with E-state index in [1.807, 2.05) is 12.1 Å². The maximum atomic E-state index is 12.9. The molecule has 0 saturated heterocycles. The molecule has 0 aliphatic rings. The second-order valence-corrected chi connectivity index (χ2v) is 7.73. The zero-order valence-electron chi connectivity index (χ0n) is 16.3. The Kier molecular flexibility index (Phi) is 5.27. The van der Waals surface area contributed by atoms with Gasteiger partial charge in [0.2, 0.25) is 0 Å². The van der Waals surface area contributed by atoms with E-state index in [-0.39, 0.29) is 22.1 Å². The average molecular weight is 445 g/mol. The van der Waals surface area contributed by atoms with Crippen molar-refractivity contribution in [2.24, 2.45) is 0 Å². The summed E-state index contributed by atoms with van der Waals surface area (Å²) in [6.45, 7) is 0. The number of methoxy groups -OCH3 is 3. The van der Waals surface area contributed by atoms with Gasteiger partial charge in [-0.3, -0.25) is 9.20 Å². The minimum atomic E-state index is -0.197. The summed E-state index contributed by atoms with van der Waals surface area (Å²) in [5.41, 5.74) is 1.90. The third-order valence-corrected chi connectivity index (χ3v) is 5.82. The van der Waals surface area contributed by atoms with Gasteiger partial charge in [-0.25, -0.2) is 4.98 Å². The summed E-state index contributed by atoms with van der Waals surface area (Å²) in [5.74, 6) is 1.30. The first-order valence-corrected chi connectivity index (χ1v) is 9.97. The molecule has 154 valence electrons. The Balaban J connectivity index is 1.78. The Morgan fingerprint density at radius 2 is 1.80 bits per heavy atom. The van der Waals surface area contributed by atoms with E-state index < -0.39 is 0 Å². The van der Waals surface area contributed by atoms with Crippen LogP contribution in [0.1, 0.15) is 5.56 Å². The molecule has 0 atom stereocenters. The maximum Gasteiger partial charge on any atom is 0.274 e. The molecule has 0 aliphatic carbocycles. The molecule has 0 amide bonds. The molecule has 0 saturated carbocycles. The van der Waals surface area contributed by atoms with Crippen molar-refractivity contribution in [3.8, 4) is 34.3 Å². The number of phenolic OH excluding ortho intramolecular Hbond substituents is 1. The molecule has 0 fully saturated rings. The van der Waals surface area contributed by atoms with Crippen molar-refractivity contribution in [2.75, 3.05) is 21.3 Å². The van der Waals surface area contributed by atoms with Crippen molar-refractivity contribution in [3.05, 3.63) is 62.0 Å². The summed E-state index contributed by atoms with van der Waals surface area (Å²) in [6.07, 6.45) is 3.38. The van der Waals surface area contributed by atoms with Crippen molar-refractivity contribution in [2.45, 2.75) is 0 Å². The quantitative estimate of drug-likeness (QED) is 0.508. The SMILES string of the molecule is COc1ccc(-c2cn3c(=O)c(=Cc4cc(Cl)c(O)c(OC)c4)sc3n2)cc1OC. The Morgan fingerprint density at radius 3 is 2.47 bits per heavy atom. The summed E-state index contributed by atoms with van der Waals surface area (Å²) in [4.78, 5) is 18.0. The Hall–Kier alpha value is -3.23.